The van der Waals surface area contributed by atoms with Crippen molar-refractivity contribution in [2.45, 2.75) is 111 Å². The summed E-state index contributed by atoms with van der Waals surface area (Å²) in [7, 11) is 1.36. The minimum absolute atomic E-state index is 0.0399. The Morgan fingerprint density at radius 3 is 2.10 bits per heavy atom. The van der Waals surface area contributed by atoms with Gasteiger partial charge in [-0.05, 0) is 123 Å². The number of phenols is 1. The lowest BCUT2D eigenvalue weighted by Gasteiger charge is -2.31. The molecule has 7 amide bonds. The van der Waals surface area contributed by atoms with Gasteiger partial charge in [0.25, 0.3) is 11.8 Å². The molecule has 0 aliphatic heterocycles. The molecule has 0 aliphatic rings. The summed E-state index contributed by atoms with van der Waals surface area (Å²) < 4.78 is 12.7. The highest BCUT2D eigenvalue weighted by molar-refractivity contribution is 6.08. The van der Waals surface area contributed by atoms with E-state index in [0.29, 0.717) is 41.1 Å². The molecule has 5 aromatic carbocycles. The van der Waals surface area contributed by atoms with Gasteiger partial charge in [-0.25, -0.2) is 14.4 Å². The molecule has 0 bridgehead atoms. The van der Waals surface area contributed by atoms with E-state index in [4.69, 9.17) is 9.47 Å². The van der Waals surface area contributed by atoms with Crippen LogP contribution in [-0.2, 0) is 20.4 Å². The molecule has 0 fully saturated rings. The number of esters is 1. The Hall–Kier alpha value is -9.25. The lowest BCUT2D eigenvalue weighted by atomic mass is 9.76. The average molecular weight is 1080 g/mol. The van der Waals surface area contributed by atoms with Crippen LogP contribution in [0.1, 0.15) is 132 Å². The second-order valence-electron chi connectivity index (χ2n) is 20.9. The smallest absolute Gasteiger partial charge is 0.345 e. The van der Waals surface area contributed by atoms with E-state index in [1.807, 2.05) is 25.1 Å². The maximum absolute atomic E-state index is 14.6. The second kappa shape index (κ2) is 25.7. The molecule has 0 saturated heterocycles. The molecule has 8 N–H and O–H groups in total. The molecule has 1 heterocycles. The van der Waals surface area contributed by atoms with Gasteiger partial charge in [0.1, 0.15) is 11.5 Å². The van der Waals surface area contributed by atoms with Crippen molar-refractivity contribution in [2.75, 3.05) is 45.1 Å². The highest BCUT2D eigenvalue weighted by atomic mass is 16.5. The van der Waals surface area contributed by atoms with Gasteiger partial charge in [0, 0.05) is 48.2 Å². The molecule has 0 aliphatic carbocycles. The molecule has 20 nitrogen and oxygen atoms in total. The van der Waals surface area contributed by atoms with Gasteiger partial charge < -0.3 is 41.2 Å². The number of aromatic hydroxyl groups is 1. The van der Waals surface area contributed by atoms with E-state index < -0.39 is 53.0 Å². The quantitative estimate of drug-likeness (QED) is 0.0179. The number of nitriles is 1. The molecule has 414 valence electrons. The number of ether oxygens (including phenoxy) is 2. The van der Waals surface area contributed by atoms with Crippen LogP contribution in [0.4, 0.5) is 43.8 Å². The fraction of sp³-hybridized carbons (Fsp3) is 0.339. The number of H-pyrrole nitrogens is 1. The van der Waals surface area contributed by atoms with Crippen molar-refractivity contribution in [1.29, 1.82) is 5.26 Å². The number of para-hydroxylation sites is 1. The van der Waals surface area contributed by atoms with E-state index in [1.54, 1.807) is 50.2 Å². The van der Waals surface area contributed by atoms with Crippen LogP contribution in [0.3, 0.4) is 0 Å². The predicted molar refractivity (Wildman–Crippen MR) is 304 cm³/mol. The third-order valence-corrected chi connectivity index (χ3v) is 13.9. The van der Waals surface area contributed by atoms with Crippen LogP contribution < -0.4 is 46.3 Å². The summed E-state index contributed by atoms with van der Waals surface area (Å²) in [5.74, 6) is -2.65. The van der Waals surface area contributed by atoms with E-state index in [1.165, 1.54) is 55.7 Å². The molecule has 79 heavy (non-hydrogen) atoms. The number of hydrogen-bond acceptors (Lipinski definition) is 13. The van der Waals surface area contributed by atoms with Gasteiger partial charge >= 0.3 is 18.0 Å². The number of carbonyl (C=O) groups excluding carboxylic acids is 6. The van der Waals surface area contributed by atoms with Crippen LogP contribution in [0, 0.1) is 16.7 Å². The van der Waals surface area contributed by atoms with Crippen LogP contribution >= 0.6 is 0 Å². The number of aromatic nitrogens is 3. The largest absolute Gasteiger partial charge is 0.506 e. The number of amides is 7. The van der Waals surface area contributed by atoms with E-state index in [0.717, 1.165) is 41.4 Å². The first-order valence-electron chi connectivity index (χ1n) is 26.0. The molecular weight excluding hydrogens is 1010 g/mol. The summed E-state index contributed by atoms with van der Waals surface area (Å²) in [6, 6.07) is 27.3. The Morgan fingerprint density at radius 1 is 0.772 bits per heavy atom. The van der Waals surface area contributed by atoms with Gasteiger partial charge in [0.05, 0.1) is 45.9 Å². The number of hydrogen-bond donors (Lipinski definition) is 8. The number of nitrogens with zero attached hydrogens (tertiary/aromatic N) is 4. The van der Waals surface area contributed by atoms with Crippen LogP contribution in [0.15, 0.2) is 109 Å². The highest BCUT2D eigenvalue weighted by Gasteiger charge is 2.33. The number of phenolic OH excluding ortho intramolecular Hbond substituents is 1. The molecule has 1 aromatic heterocycles. The van der Waals surface area contributed by atoms with Gasteiger partial charge in [0.2, 0.25) is 5.91 Å². The van der Waals surface area contributed by atoms with Gasteiger partial charge in [0.15, 0.2) is 17.7 Å². The van der Waals surface area contributed by atoms with Gasteiger partial charge in [-0.1, -0.05) is 79.2 Å². The number of nitrogens with one attached hydrogen (secondary N) is 7. The molecule has 0 saturated carbocycles. The summed E-state index contributed by atoms with van der Waals surface area (Å²) in [5.41, 5.74) is 1.70. The monoisotopic (exact) mass is 1080 g/mol. The first kappa shape index (κ1) is 59.0. The van der Waals surface area contributed by atoms with E-state index >= 15 is 0 Å². The van der Waals surface area contributed by atoms with Crippen LogP contribution in [0.5, 0.6) is 17.2 Å². The van der Waals surface area contributed by atoms with E-state index in [2.05, 4.69) is 94.9 Å². The van der Waals surface area contributed by atoms with Crippen molar-refractivity contribution in [3.05, 3.63) is 137 Å². The minimum Gasteiger partial charge on any atom is -0.506 e. The summed E-state index contributed by atoms with van der Waals surface area (Å²) in [6.45, 7) is 18.2. The second-order valence-corrected chi connectivity index (χ2v) is 20.9. The number of carbonyl (C=O) groups is 6. The number of benzene rings is 5. The predicted octanol–water partition coefficient (Wildman–Crippen LogP) is 11.3. The Labute approximate surface area is 460 Å². The standard InChI is InChI=1S/C59H69N11O9/c1-11-14-19-48(78-47-29-24-38(57(4,5)12-2)30-42(47)58(6,7)13-3)52(73)64-44-31-46(71)43(65-55(76)63-40-25-20-36(33-60)21-26-40)32-49(44)79-53(74)41-17-15-16-18-45(41)70(10)56(77)67-54(75)59(8,9)35-61-39-27-22-37(23-28-39)51(72)66-50-34-62-69-68-50/h15-18,20-32,34,48,61,71H,11-14,19,35H2,1-10H3,(H,64,73)(H2,63,65,76)(H,67,75,77)(H2,62,66,68,69,72). The normalized spacial score (nSPS) is 11.8. The van der Waals surface area contributed by atoms with E-state index in [9.17, 15) is 39.1 Å². The van der Waals surface area contributed by atoms with Crippen molar-refractivity contribution in [1.82, 2.24) is 20.7 Å². The fourth-order valence-electron chi connectivity index (χ4n) is 7.89. The molecule has 1 atom stereocenters. The fourth-order valence-corrected chi connectivity index (χ4v) is 7.89. The Kier molecular flexibility index (Phi) is 19.2. The Morgan fingerprint density at radius 2 is 1.46 bits per heavy atom. The molecular formula is C59H69N11O9. The summed E-state index contributed by atoms with van der Waals surface area (Å²) in [4.78, 5) is 83.4. The molecule has 1 unspecified atom stereocenters. The number of aromatic amines is 1. The van der Waals surface area contributed by atoms with Crippen molar-refractivity contribution >= 4 is 70.0 Å². The third-order valence-electron chi connectivity index (χ3n) is 13.9. The topological polar surface area (TPSA) is 282 Å². The number of anilines is 6. The number of unbranched alkanes of at least 4 members (excludes halogenated alkanes) is 1. The van der Waals surface area contributed by atoms with Crippen LogP contribution in [-0.4, -0.2) is 76.0 Å². The Balaban J connectivity index is 1.24. The van der Waals surface area contributed by atoms with Gasteiger partial charge in [-0.3, -0.25) is 24.6 Å². The first-order chi connectivity index (χ1) is 37.5. The Bertz CT molecular complexity index is 3200. The van der Waals surface area contributed by atoms with Crippen LogP contribution in [0.25, 0.3) is 0 Å². The first-order valence-corrected chi connectivity index (χ1v) is 26.0. The molecule has 20 heteroatoms. The summed E-state index contributed by atoms with van der Waals surface area (Å²) >= 11 is 0. The maximum Gasteiger partial charge on any atom is 0.345 e. The minimum atomic E-state index is -1.16. The summed E-state index contributed by atoms with van der Waals surface area (Å²) in [5, 5.41) is 46.7. The van der Waals surface area contributed by atoms with Gasteiger partial charge in [-0.2, -0.15) is 15.6 Å². The maximum atomic E-state index is 14.6. The van der Waals surface area contributed by atoms with Gasteiger partial charge in [-0.15, -0.1) is 5.10 Å². The molecule has 0 spiro atoms. The number of imide groups is 1. The highest BCUT2D eigenvalue weighted by Crippen LogP contribution is 2.41. The zero-order valence-electron chi connectivity index (χ0n) is 46.2. The lowest BCUT2D eigenvalue weighted by molar-refractivity contribution is -0.127. The summed E-state index contributed by atoms with van der Waals surface area (Å²) in [6.07, 6.45) is 3.70. The number of rotatable bonds is 22. The van der Waals surface area contributed by atoms with Crippen molar-refractivity contribution in [2.24, 2.45) is 5.41 Å². The van der Waals surface area contributed by atoms with Crippen molar-refractivity contribution in [3.63, 3.8) is 0 Å². The lowest BCUT2D eigenvalue weighted by Crippen LogP contribution is -2.48. The van der Waals surface area contributed by atoms with Crippen LogP contribution in [0.2, 0.25) is 0 Å². The molecule has 6 aromatic rings. The zero-order chi connectivity index (χ0) is 57.7. The third kappa shape index (κ3) is 15.2. The van der Waals surface area contributed by atoms with E-state index in [-0.39, 0.29) is 51.6 Å². The average Bonchev–Trinajstić information content (AvgIpc) is 4.01. The number of urea groups is 2. The molecule has 0 radical (unpaired) electrons. The zero-order valence-corrected chi connectivity index (χ0v) is 46.2. The molecule has 6 rings (SSSR count). The SMILES string of the molecule is CCCCC(Oc1ccc(C(C)(C)CC)cc1C(C)(C)CC)C(=O)Nc1cc(O)c(NC(=O)Nc2ccc(C#N)cc2)cc1OC(=O)c1ccccc1N(C)C(=O)NC(=O)C(C)(C)CNc1ccc(C(=O)Nc2cn[nH]n2)cc1. The van der Waals surface area contributed by atoms with Crippen molar-refractivity contribution < 1.29 is 43.3 Å². The van der Waals surface area contributed by atoms with Crippen molar-refractivity contribution in [3.8, 4) is 23.3 Å².